The van der Waals surface area contributed by atoms with E-state index in [0.717, 1.165) is 5.56 Å². The van der Waals surface area contributed by atoms with Crippen LogP contribution in [0.1, 0.15) is 11.3 Å². The first-order chi connectivity index (χ1) is 11.5. The molecule has 2 aromatic carbocycles. The van der Waals surface area contributed by atoms with Gasteiger partial charge in [0.2, 0.25) is 5.91 Å². The summed E-state index contributed by atoms with van der Waals surface area (Å²) >= 11 is 6.03. The van der Waals surface area contributed by atoms with Crippen LogP contribution in [0, 0.1) is 12.7 Å². The Morgan fingerprint density at radius 3 is 2.67 bits per heavy atom. The monoisotopic (exact) mass is 344 g/mol. The molecule has 0 unspecified atom stereocenters. The molecule has 1 aromatic heterocycles. The highest BCUT2D eigenvalue weighted by Crippen LogP contribution is 2.22. The highest BCUT2D eigenvalue weighted by molar-refractivity contribution is 6.31. The van der Waals surface area contributed by atoms with Crippen molar-refractivity contribution in [1.82, 2.24) is 5.16 Å². The molecule has 6 heteroatoms. The predicted octanol–water partition coefficient (Wildman–Crippen LogP) is 4.62. The first-order valence-electron chi connectivity index (χ1n) is 7.29. The Morgan fingerprint density at radius 1 is 1.21 bits per heavy atom. The maximum Gasteiger partial charge on any atom is 0.230 e. The molecule has 0 aliphatic heterocycles. The molecule has 1 heterocycles. The fourth-order valence-corrected chi connectivity index (χ4v) is 2.37. The lowest BCUT2D eigenvalue weighted by molar-refractivity contribution is -0.115. The Kier molecular flexibility index (Phi) is 4.62. The van der Waals surface area contributed by atoms with Gasteiger partial charge in [-0.05, 0) is 48.9 Å². The van der Waals surface area contributed by atoms with Crippen LogP contribution in [0.2, 0.25) is 5.02 Å². The topological polar surface area (TPSA) is 55.1 Å². The molecule has 0 saturated carbocycles. The van der Waals surface area contributed by atoms with Crippen molar-refractivity contribution in [3.8, 4) is 11.3 Å². The molecule has 0 saturated heterocycles. The van der Waals surface area contributed by atoms with Gasteiger partial charge in [-0.3, -0.25) is 4.79 Å². The van der Waals surface area contributed by atoms with Crippen molar-refractivity contribution in [1.29, 1.82) is 0 Å². The third-order valence-electron chi connectivity index (χ3n) is 3.48. The van der Waals surface area contributed by atoms with Crippen LogP contribution in [0.4, 0.5) is 10.1 Å². The van der Waals surface area contributed by atoms with Gasteiger partial charge in [0.05, 0.1) is 12.1 Å². The minimum Gasteiger partial charge on any atom is -0.356 e. The minimum atomic E-state index is -0.324. The smallest absolute Gasteiger partial charge is 0.230 e. The SMILES string of the molecule is Cc1ccc(NC(=O)Cc2cc(-c3ccc(F)cc3)on2)cc1Cl. The number of aryl methyl sites for hydroxylation is 1. The zero-order valence-corrected chi connectivity index (χ0v) is 13.6. The van der Waals surface area contributed by atoms with Gasteiger partial charge in [0.1, 0.15) is 5.82 Å². The number of amides is 1. The Morgan fingerprint density at radius 2 is 1.96 bits per heavy atom. The predicted molar refractivity (Wildman–Crippen MR) is 90.4 cm³/mol. The average Bonchev–Trinajstić information content (AvgIpc) is 3.00. The summed E-state index contributed by atoms with van der Waals surface area (Å²) in [6.07, 6.45) is 0.0657. The number of nitrogens with one attached hydrogen (secondary N) is 1. The molecule has 1 N–H and O–H groups in total. The van der Waals surface area contributed by atoms with Crippen molar-refractivity contribution in [2.75, 3.05) is 5.32 Å². The van der Waals surface area contributed by atoms with Crippen LogP contribution in [0.3, 0.4) is 0 Å². The zero-order valence-electron chi connectivity index (χ0n) is 12.8. The van der Waals surface area contributed by atoms with Gasteiger partial charge >= 0.3 is 0 Å². The van der Waals surface area contributed by atoms with Crippen molar-refractivity contribution in [3.05, 3.63) is 70.6 Å². The van der Waals surface area contributed by atoms with E-state index in [9.17, 15) is 9.18 Å². The van der Waals surface area contributed by atoms with Crippen LogP contribution in [0.25, 0.3) is 11.3 Å². The molecular weight excluding hydrogens is 331 g/mol. The van der Waals surface area contributed by atoms with E-state index in [2.05, 4.69) is 10.5 Å². The second-order valence-electron chi connectivity index (χ2n) is 5.38. The highest BCUT2D eigenvalue weighted by Gasteiger charge is 2.11. The number of nitrogens with zero attached hydrogens (tertiary/aromatic N) is 1. The van der Waals surface area contributed by atoms with E-state index in [1.54, 1.807) is 30.3 Å². The molecule has 1 amide bonds. The lowest BCUT2D eigenvalue weighted by Gasteiger charge is -2.05. The molecule has 3 rings (SSSR count). The Hall–Kier alpha value is -2.66. The van der Waals surface area contributed by atoms with E-state index in [1.165, 1.54) is 12.1 Å². The maximum absolute atomic E-state index is 12.9. The molecule has 0 atom stereocenters. The molecule has 0 aliphatic rings. The summed E-state index contributed by atoms with van der Waals surface area (Å²) < 4.78 is 18.1. The molecule has 4 nitrogen and oxygen atoms in total. The summed E-state index contributed by atoms with van der Waals surface area (Å²) in [5.74, 6) is -0.0697. The molecule has 0 aliphatic carbocycles. The third kappa shape index (κ3) is 3.81. The van der Waals surface area contributed by atoms with Gasteiger partial charge in [0.15, 0.2) is 5.76 Å². The van der Waals surface area contributed by atoms with Gasteiger partial charge in [-0.25, -0.2) is 4.39 Å². The van der Waals surface area contributed by atoms with Crippen molar-refractivity contribution >= 4 is 23.2 Å². The van der Waals surface area contributed by atoms with E-state index in [-0.39, 0.29) is 18.1 Å². The van der Waals surface area contributed by atoms with Crippen molar-refractivity contribution in [2.45, 2.75) is 13.3 Å². The quantitative estimate of drug-likeness (QED) is 0.751. The van der Waals surface area contributed by atoms with Crippen molar-refractivity contribution < 1.29 is 13.7 Å². The van der Waals surface area contributed by atoms with Gasteiger partial charge in [0.25, 0.3) is 0 Å². The molecule has 0 radical (unpaired) electrons. The Balaban J connectivity index is 1.66. The van der Waals surface area contributed by atoms with Crippen molar-refractivity contribution in [3.63, 3.8) is 0 Å². The summed E-state index contributed by atoms with van der Waals surface area (Å²) in [6, 6.07) is 12.8. The lowest BCUT2D eigenvalue weighted by Crippen LogP contribution is -2.14. The van der Waals surface area contributed by atoms with Crippen LogP contribution in [0.15, 0.2) is 53.1 Å². The minimum absolute atomic E-state index is 0.0657. The van der Waals surface area contributed by atoms with Gasteiger partial charge < -0.3 is 9.84 Å². The molecule has 24 heavy (non-hydrogen) atoms. The molecule has 0 spiro atoms. The Labute approximate surface area is 143 Å². The van der Waals surface area contributed by atoms with Crippen LogP contribution < -0.4 is 5.32 Å². The van der Waals surface area contributed by atoms with Crippen LogP contribution >= 0.6 is 11.6 Å². The normalized spacial score (nSPS) is 10.6. The largest absolute Gasteiger partial charge is 0.356 e. The summed E-state index contributed by atoms with van der Waals surface area (Å²) in [5, 5.41) is 7.22. The fourth-order valence-electron chi connectivity index (χ4n) is 2.19. The Bertz CT molecular complexity index is 875. The maximum atomic E-state index is 12.9. The van der Waals surface area contributed by atoms with Crippen LogP contribution in [0.5, 0.6) is 0 Å². The second kappa shape index (κ2) is 6.84. The summed E-state index contributed by atoms with van der Waals surface area (Å²) in [5.41, 5.74) is 2.75. The summed E-state index contributed by atoms with van der Waals surface area (Å²) in [6.45, 7) is 1.89. The van der Waals surface area contributed by atoms with E-state index in [0.29, 0.717) is 27.7 Å². The number of anilines is 1. The molecule has 0 fully saturated rings. The molecule has 3 aromatic rings. The average molecular weight is 345 g/mol. The number of rotatable bonds is 4. The number of carbonyl (C=O) groups is 1. The standard InChI is InChI=1S/C18H14ClFN2O2/c1-11-2-7-14(8-16(11)19)21-18(23)10-15-9-17(24-22-15)12-3-5-13(20)6-4-12/h2-9H,10H2,1H3,(H,21,23). The van der Waals surface area contributed by atoms with Crippen LogP contribution in [-0.2, 0) is 11.2 Å². The van der Waals surface area contributed by atoms with E-state index in [1.807, 2.05) is 13.0 Å². The second-order valence-corrected chi connectivity index (χ2v) is 5.79. The van der Waals surface area contributed by atoms with E-state index in [4.69, 9.17) is 16.1 Å². The fraction of sp³-hybridized carbons (Fsp3) is 0.111. The van der Waals surface area contributed by atoms with Gasteiger partial charge in [0, 0.05) is 22.3 Å². The zero-order chi connectivity index (χ0) is 17.1. The number of halogens is 2. The summed E-state index contributed by atoms with van der Waals surface area (Å²) in [4.78, 5) is 12.1. The first-order valence-corrected chi connectivity index (χ1v) is 7.66. The van der Waals surface area contributed by atoms with Crippen molar-refractivity contribution in [2.24, 2.45) is 0 Å². The van der Waals surface area contributed by atoms with E-state index < -0.39 is 0 Å². The number of aromatic nitrogens is 1. The highest BCUT2D eigenvalue weighted by atomic mass is 35.5. The molecule has 122 valence electrons. The third-order valence-corrected chi connectivity index (χ3v) is 3.89. The van der Waals surface area contributed by atoms with Gasteiger partial charge in [-0.2, -0.15) is 0 Å². The summed E-state index contributed by atoms with van der Waals surface area (Å²) in [7, 11) is 0. The lowest BCUT2D eigenvalue weighted by atomic mass is 10.1. The van der Waals surface area contributed by atoms with Crippen LogP contribution in [-0.4, -0.2) is 11.1 Å². The van der Waals surface area contributed by atoms with Gasteiger partial charge in [-0.15, -0.1) is 0 Å². The number of hydrogen-bond acceptors (Lipinski definition) is 3. The number of benzene rings is 2. The number of carbonyl (C=O) groups excluding carboxylic acids is 1. The first kappa shape index (κ1) is 16.2. The number of hydrogen-bond donors (Lipinski definition) is 1. The molecule has 0 bridgehead atoms. The van der Waals surface area contributed by atoms with E-state index >= 15 is 0 Å². The van der Waals surface area contributed by atoms with Gasteiger partial charge in [-0.1, -0.05) is 22.8 Å². The molecular formula is C18H14ClFN2O2.